The summed E-state index contributed by atoms with van der Waals surface area (Å²) >= 11 is 0. The zero-order valence-electron chi connectivity index (χ0n) is 9.03. The minimum absolute atomic E-state index is 0.305. The summed E-state index contributed by atoms with van der Waals surface area (Å²) in [6.07, 6.45) is 0.0442. The van der Waals surface area contributed by atoms with E-state index in [0.717, 1.165) is 6.42 Å². The number of ether oxygens (including phenoxy) is 1. The van der Waals surface area contributed by atoms with Crippen molar-refractivity contribution < 1.29 is 14.2 Å². The fourth-order valence-corrected chi connectivity index (χ4v) is 2.11. The summed E-state index contributed by atoms with van der Waals surface area (Å²) in [4.78, 5) is 0. The maximum absolute atomic E-state index is 12.8. The molecule has 0 aromatic heterocycles. The Kier molecular flexibility index (Phi) is 3.23. The molecule has 3 N–H and O–H groups in total. The summed E-state index contributed by atoms with van der Waals surface area (Å²) in [7, 11) is 0. The van der Waals surface area contributed by atoms with Gasteiger partial charge in [-0.15, -0.1) is 0 Å². The van der Waals surface area contributed by atoms with Crippen molar-refractivity contribution in [3.05, 3.63) is 35.6 Å². The van der Waals surface area contributed by atoms with Crippen molar-refractivity contribution in [2.75, 3.05) is 19.8 Å². The van der Waals surface area contributed by atoms with Crippen LogP contribution in [0, 0.1) is 11.2 Å². The van der Waals surface area contributed by atoms with Gasteiger partial charge >= 0.3 is 0 Å². The predicted octanol–water partition coefficient (Wildman–Crippen LogP) is 1.22. The number of aliphatic hydroxyl groups excluding tert-OH is 1. The Labute approximate surface area is 94.0 Å². The largest absolute Gasteiger partial charge is 0.388 e. The van der Waals surface area contributed by atoms with E-state index in [2.05, 4.69) is 0 Å². The summed E-state index contributed by atoms with van der Waals surface area (Å²) in [5.74, 6) is -0.305. The molecule has 0 radical (unpaired) electrons. The second-order valence-electron chi connectivity index (χ2n) is 4.32. The van der Waals surface area contributed by atoms with Gasteiger partial charge in [-0.3, -0.25) is 0 Å². The molecule has 0 saturated carbocycles. The molecule has 16 heavy (non-hydrogen) atoms. The van der Waals surface area contributed by atoms with E-state index in [1.54, 1.807) is 12.1 Å². The predicted molar refractivity (Wildman–Crippen MR) is 58.3 cm³/mol. The van der Waals surface area contributed by atoms with Gasteiger partial charge in [0.25, 0.3) is 0 Å². The molecule has 1 aliphatic rings. The maximum Gasteiger partial charge on any atom is 0.123 e. The van der Waals surface area contributed by atoms with Crippen LogP contribution in [-0.2, 0) is 4.74 Å². The van der Waals surface area contributed by atoms with E-state index < -0.39 is 11.5 Å². The third-order valence-corrected chi connectivity index (χ3v) is 3.31. The van der Waals surface area contributed by atoms with Gasteiger partial charge in [-0.2, -0.15) is 0 Å². The molecule has 1 heterocycles. The molecule has 1 saturated heterocycles. The SMILES string of the molecule is NCC1(C(O)c2ccc(F)cc2)CCOC1. The monoisotopic (exact) mass is 225 g/mol. The van der Waals surface area contributed by atoms with Crippen LogP contribution in [0.1, 0.15) is 18.1 Å². The average molecular weight is 225 g/mol. The van der Waals surface area contributed by atoms with Crippen molar-refractivity contribution in [2.24, 2.45) is 11.1 Å². The normalized spacial score (nSPS) is 26.9. The first kappa shape index (κ1) is 11.5. The molecule has 3 nitrogen and oxygen atoms in total. The van der Waals surface area contributed by atoms with E-state index in [0.29, 0.717) is 25.3 Å². The number of hydrogen-bond acceptors (Lipinski definition) is 3. The van der Waals surface area contributed by atoms with Crippen LogP contribution >= 0.6 is 0 Å². The molecule has 2 atom stereocenters. The molecule has 0 spiro atoms. The zero-order valence-corrected chi connectivity index (χ0v) is 9.03. The minimum atomic E-state index is -0.694. The summed E-state index contributed by atoms with van der Waals surface area (Å²) in [6.45, 7) is 1.45. The molecule has 2 unspecified atom stereocenters. The van der Waals surface area contributed by atoms with Gasteiger partial charge in [0.1, 0.15) is 5.82 Å². The highest BCUT2D eigenvalue weighted by atomic mass is 19.1. The van der Waals surface area contributed by atoms with Crippen molar-refractivity contribution in [3.8, 4) is 0 Å². The van der Waals surface area contributed by atoms with Crippen molar-refractivity contribution in [3.63, 3.8) is 0 Å². The number of halogens is 1. The fourth-order valence-electron chi connectivity index (χ4n) is 2.11. The summed E-state index contributed by atoms with van der Waals surface area (Å²) in [5.41, 5.74) is 6.00. The van der Waals surface area contributed by atoms with Gasteiger partial charge in [0.2, 0.25) is 0 Å². The van der Waals surface area contributed by atoms with Crippen LogP contribution in [0.3, 0.4) is 0 Å². The fraction of sp³-hybridized carbons (Fsp3) is 0.500. The summed E-state index contributed by atoms with van der Waals surface area (Å²) in [5, 5.41) is 10.3. The topological polar surface area (TPSA) is 55.5 Å². The number of nitrogens with two attached hydrogens (primary N) is 1. The third-order valence-electron chi connectivity index (χ3n) is 3.31. The first-order valence-electron chi connectivity index (χ1n) is 5.39. The Morgan fingerprint density at radius 3 is 2.62 bits per heavy atom. The van der Waals surface area contributed by atoms with Gasteiger partial charge in [0, 0.05) is 18.6 Å². The standard InChI is InChI=1S/C12H16FNO2/c13-10-3-1-9(2-4-10)11(15)12(7-14)5-6-16-8-12/h1-4,11,15H,5-8,14H2. The van der Waals surface area contributed by atoms with Crippen molar-refractivity contribution >= 4 is 0 Å². The number of aliphatic hydroxyl groups is 1. The quantitative estimate of drug-likeness (QED) is 0.813. The van der Waals surface area contributed by atoms with E-state index >= 15 is 0 Å². The second kappa shape index (κ2) is 4.49. The molecule has 1 aromatic carbocycles. The van der Waals surface area contributed by atoms with Gasteiger partial charge in [0.05, 0.1) is 12.7 Å². The molecule has 1 aliphatic heterocycles. The van der Waals surface area contributed by atoms with Crippen LogP contribution in [0.15, 0.2) is 24.3 Å². The Morgan fingerprint density at radius 1 is 1.44 bits per heavy atom. The van der Waals surface area contributed by atoms with Crippen molar-refractivity contribution in [2.45, 2.75) is 12.5 Å². The first-order valence-corrected chi connectivity index (χ1v) is 5.39. The number of benzene rings is 1. The van der Waals surface area contributed by atoms with E-state index in [4.69, 9.17) is 10.5 Å². The summed E-state index contributed by atoms with van der Waals surface area (Å²) < 4.78 is 18.1. The lowest BCUT2D eigenvalue weighted by Gasteiger charge is -2.31. The molecule has 88 valence electrons. The highest BCUT2D eigenvalue weighted by molar-refractivity contribution is 5.21. The highest BCUT2D eigenvalue weighted by Gasteiger charge is 2.41. The van der Waals surface area contributed by atoms with Gasteiger partial charge in [-0.25, -0.2) is 4.39 Å². The van der Waals surface area contributed by atoms with E-state index in [1.807, 2.05) is 0 Å². The maximum atomic E-state index is 12.8. The lowest BCUT2D eigenvalue weighted by atomic mass is 9.78. The van der Waals surface area contributed by atoms with Crippen LogP contribution in [0.5, 0.6) is 0 Å². The van der Waals surface area contributed by atoms with Gasteiger partial charge < -0.3 is 15.6 Å². The summed E-state index contributed by atoms with van der Waals surface area (Å²) in [6, 6.07) is 5.88. The molecule has 0 aliphatic carbocycles. The smallest absolute Gasteiger partial charge is 0.123 e. The van der Waals surface area contributed by atoms with E-state index in [1.165, 1.54) is 12.1 Å². The molecule has 0 amide bonds. The van der Waals surface area contributed by atoms with Gasteiger partial charge in [0.15, 0.2) is 0 Å². The average Bonchev–Trinajstić information content (AvgIpc) is 2.79. The molecular formula is C12H16FNO2. The second-order valence-corrected chi connectivity index (χ2v) is 4.32. The molecule has 1 aromatic rings. The Morgan fingerprint density at radius 2 is 2.12 bits per heavy atom. The van der Waals surface area contributed by atoms with Crippen molar-refractivity contribution in [1.82, 2.24) is 0 Å². The minimum Gasteiger partial charge on any atom is -0.388 e. The van der Waals surface area contributed by atoms with E-state index in [-0.39, 0.29) is 5.82 Å². The zero-order chi connectivity index (χ0) is 11.6. The first-order chi connectivity index (χ1) is 7.68. The van der Waals surface area contributed by atoms with Crippen LogP contribution in [0.2, 0.25) is 0 Å². The molecule has 2 rings (SSSR count). The van der Waals surface area contributed by atoms with Crippen LogP contribution in [-0.4, -0.2) is 24.9 Å². The van der Waals surface area contributed by atoms with Gasteiger partial charge in [-0.05, 0) is 24.1 Å². The Bertz CT molecular complexity index is 347. The number of rotatable bonds is 3. The van der Waals surface area contributed by atoms with Crippen molar-refractivity contribution in [1.29, 1.82) is 0 Å². The van der Waals surface area contributed by atoms with Crippen LogP contribution in [0.25, 0.3) is 0 Å². The Balaban J connectivity index is 2.23. The van der Waals surface area contributed by atoms with Crippen LogP contribution in [0.4, 0.5) is 4.39 Å². The Hall–Kier alpha value is -0.970. The highest BCUT2D eigenvalue weighted by Crippen LogP contribution is 2.40. The van der Waals surface area contributed by atoms with Crippen LogP contribution < -0.4 is 5.73 Å². The lowest BCUT2D eigenvalue weighted by molar-refractivity contribution is 0.0190. The van der Waals surface area contributed by atoms with Gasteiger partial charge in [-0.1, -0.05) is 12.1 Å². The third kappa shape index (κ3) is 1.96. The molecule has 0 bridgehead atoms. The molecular weight excluding hydrogens is 209 g/mol. The molecule has 4 heteroatoms. The van der Waals surface area contributed by atoms with E-state index in [9.17, 15) is 9.50 Å². The lowest BCUT2D eigenvalue weighted by Crippen LogP contribution is -2.37. The molecule has 1 fully saturated rings. The number of hydrogen-bond donors (Lipinski definition) is 2.